The summed E-state index contributed by atoms with van der Waals surface area (Å²) >= 11 is 8.62. The molecule has 2 atom stereocenters. The molecule has 0 bridgehead atoms. The van der Waals surface area contributed by atoms with Crippen LogP contribution in [-0.4, -0.2) is 8.32 Å². The molecule has 0 aliphatic heterocycles. The van der Waals surface area contributed by atoms with Crippen LogP contribution in [-0.2, 0) is 0 Å². The Kier molecular flexibility index (Phi) is 6.76. The fourth-order valence-corrected chi connectivity index (χ4v) is 2.11. The highest BCUT2D eigenvalue weighted by Crippen LogP contribution is 2.32. The first-order chi connectivity index (χ1) is 4.72. The van der Waals surface area contributed by atoms with Crippen molar-refractivity contribution in [3.63, 3.8) is 0 Å². The van der Waals surface area contributed by atoms with E-state index in [0.717, 1.165) is 23.5 Å². The number of hydrogen-bond acceptors (Lipinski definition) is 4. The largest absolute Gasteiger partial charge is 0.185 e. The molecule has 0 aliphatic rings. The van der Waals surface area contributed by atoms with E-state index in [1.165, 1.54) is 0 Å². The van der Waals surface area contributed by atoms with E-state index in [2.05, 4.69) is 31.9 Å². The summed E-state index contributed by atoms with van der Waals surface area (Å²) in [4.78, 5) is 0. The molecule has 0 rings (SSSR count). The van der Waals surface area contributed by atoms with E-state index in [-0.39, 0.29) is 8.32 Å². The molecule has 6 heteroatoms. The Hall–Kier alpha value is 0.640. The number of nitriles is 2. The normalized spacial score (nSPS) is 14.8. The molecule has 0 aromatic rings. The van der Waals surface area contributed by atoms with Crippen molar-refractivity contribution in [1.29, 1.82) is 10.5 Å². The number of halogens is 2. The molecular weight excluding hydrogens is 300 g/mol. The van der Waals surface area contributed by atoms with Crippen LogP contribution in [0.2, 0.25) is 0 Å². The Morgan fingerprint density at radius 2 is 1.30 bits per heavy atom. The van der Waals surface area contributed by atoms with Crippen LogP contribution in [0.25, 0.3) is 0 Å². The van der Waals surface area contributed by atoms with Gasteiger partial charge in [-0.15, -0.1) is 0 Å². The van der Waals surface area contributed by atoms with Crippen molar-refractivity contribution in [2.24, 2.45) is 0 Å². The second kappa shape index (κ2) is 6.36. The molecule has 0 spiro atoms. The highest BCUT2D eigenvalue weighted by atomic mass is 79.9. The fourth-order valence-electron chi connectivity index (χ4n) is 0.208. The zero-order valence-electron chi connectivity index (χ0n) is 4.62. The fraction of sp³-hybridized carbons (Fsp3) is 0.500. The molecule has 0 heterocycles. The van der Waals surface area contributed by atoms with E-state index < -0.39 is 0 Å². The van der Waals surface area contributed by atoms with Gasteiger partial charge in [-0.2, -0.15) is 10.5 Å². The first-order valence-electron chi connectivity index (χ1n) is 2.10. The number of nitrogens with zero attached hydrogens (tertiary/aromatic N) is 2. The second-order valence-corrected chi connectivity index (χ2v) is 6.16. The lowest BCUT2D eigenvalue weighted by Crippen LogP contribution is -2.02. The zero-order chi connectivity index (χ0) is 7.98. The molecule has 0 saturated heterocycles. The molecule has 10 heavy (non-hydrogen) atoms. The Morgan fingerprint density at radius 1 is 1.00 bits per heavy atom. The van der Waals surface area contributed by atoms with Crippen molar-refractivity contribution in [3.8, 4) is 10.8 Å². The average molecular weight is 302 g/mol. The maximum absolute atomic E-state index is 8.22. The van der Waals surface area contributed by atoms with Gasteiger partial charge in [-0.3, -0.25) is 0 Å². The lowest BCUT2D eigenvalue weighted by molar-refractivity contribution is 1.42. The molecule has 0 fully saturated rings. The van der Waals surface area contributed by atoms with E-state index in [9.17, 15) is 0 Å². The minimum absolute atomic E-state index is 0.0397. The Morgan fingerprint density at radius 3 is 1.50 bits per heavy atom. The monoisotopic (exact) mass is 300 g/mol. The van der Waals surface area contributed by atoms with Crippen LogP contribution < -0.4 is 0 Å². The van der Waals surface area contributed by atoms with Gasteiger partial charge in [-0.25, -0.2) is 0 Å². The smallest absolute Gasteiger partial charge is 0.134 e. The van der Waals surface area contributed by atoms with E-state index in [1.54, 1.807) is 0 Å². The van der Waals surface area contributed by atoms with Crippen molar-refractivity contribution >= 4 is 55.4 Å². The third-order valence-electron chi connectivity index (χ3n) is 0.537. The molecule has 0 aromatic carbocycles. The van der Waals surface area contributed by atoms with Crippen LogP contribution >= 0.6 is 55.4 Å². The zero-order valence-corrected chi connectivity index (χ0v) is 9.43. The molecule has 54 valence electrons. The topological polar surface area (TPSA) is 47.6 Å². The molecule has 0 amide bonds. The Bertz CT molecular complexity index is 153. The lowest BCUT2D eigenvalue weighted by atomic mass is 10.9. The first kappa shape index (κ1) is 10.6. The van der Waals surface area contributed by atoms with Crippen molar-refractivity contribution < 1.29 is 0 Å². The van der Waals surface area contributed by atoms with Gasteiger partial charge >= 0.3 is 0 Å². The predicted octanol–water partition coefficient (Wildman–Crippen LogP) is 2.86. The summed E-state index contributed by atoms with van der Waals surface area (Å²) in [6, 6.07) is 0. The standard InChI is InChI=1S/C4H2Br2N2S2/c5-3(9-1-7)4(6)10-2-8/h3-4H. The molecular formula is C4H2Br2N2S2. The van der Waals surface area contributed by atoms with E-state index in [0.29, 0.717) is 0 Å². The predicted molar refractivity (Wildman–Crippen MR) is 51.8 cm³/mol. The summed E-state index contributed by atoms with van der Waals surface area (Å²) in [5.74, 6) is 0. The summed E-state index contributed by atoms with van der Waals surface area (Å²) in [7, 11) is 0. The number of thioether (sulfide) groups is 2. The van der Waals surface area contributed by atoms with Crippen molar-refractivity contribution in [1.82, 2.24) is 0 Å². The quantitative estimate of drug-likeness (QED) is 0.594. The lowest BCUT2D eigenvalue weighted by Gasteiger charge is -2.06. The van der Waals surface area contributed by atoms with Crippen LogP contribution in [0.15, 0.2) is 0 Å². The highest BCUT2D eigenvalue weighted by molar-refractivity contribution is 9.14. The van der Waals surface area contributed by atoms with Crippen LogP contribution in [0.3, 0.4) is 0 Å². The molecule has 0 aliphatic carbocycles. The molecule has 0 N–H and O–H groups in total. The van der Waals surface area contributed by atoms with Crippen molar-refractivity contribution in [3.05, 3.63) is 0 Å². The minimum atomic E-state index is -0.0397. The third-order valence-corrected chi connectivity index (χ3v) is 5.50. The van der Waals surface area contributed by atoms with Gasteiger partial charge in [0.25, 0.3) is 0 Å². The Balaban J connectivity index is 3.63. The van der Waals surface area contributed by atoms with Gasteiger partial charge in [-0.1, -0.05) is 31.9 Å². The summed E-state index contributed by atoms with van der Waals surface area (Å²) in [5.41, 5.74) is 0. The average Bonchev–Trinajstić information content (AvgIpc) is 1.89. The molecule has 2 unspecified atom stereocenters. The minimum Gasteiger partial charge on any atom is -0.185 e. The number of rotatable bonds is 3. The molecule has 0 saturated carbocycles. The van der Waals surface area contributed by atoms with Gasteiger partial charge in [0.05, 0.1) is 8.32 Å². The van der Waals surface area contributed by atoms with Crippen molar-refractivity contribution in [2.75, 3.05) is 0 Å². The van der Waals surface area contributed by atoms with Gasteiger partial charge in [0, 0.05) is 0 Å². The van der Waals surface area contributed by atoms with Gasteiger partial charge in [0.2, 0.25) is 0 Å². The van der Waals surface area contributed by atoms with E-state index in [4.69, 9.17) is 10.5 Å². The molecule has 2 nitrogen and oxygen atoms in total. The van der Waals surface area contributed by atoms with Crippen LogP contribution in [0, 0.1) is 21.3 Å². The van der Waals surface area contributed by atoms with Crippen LogP contribution in [0.4, 0.5) is 0 Å². The van der Waals surface area contributed by atoms with Gasteiger partial charge < -0.3 is 0 Å². The number of thiocyanates is 2. The maximum atomic E-state index is 8.22. The van der Waals surface area contributed by atoms with Gasteiger partial charge in [-0.05, 0) is 23.5 Å². The Labute approximate surface area is 84.6 Å². The van der Waals surface area contributed by atoms with Crippen LogP contribution in [0.1, 0.15) is 0 Å². The SMILES string of the molecule is N#CSC(Br)C(Br)SC#N. The van der Waals surface area contributed by atoms with Crippen LogP contribution in [0.5, 0.6) is 0 Å². The highest BCUT2D eigenvalue weighted by Gasteiger charge is 2.16. The van der Waals surface area contributed by atoms with Gasteiger partial charge in [0.15, 0.2) is 0 Å². The molecule has 0 radical (unpaired) electrons. The maximum Gasteiger partial charge on any atom is 0.134 e. The van der Waals surface area contributed by atoms with Gasteiger partial charge in [0.1, 0.15) is 10.8 Å². The van der Waals surface area contributed by atoms with Crippen molar-refractivity contribution in [2.45, 2.75) is 8.32 Å². The summed E-state index contributed by atoms with van der Waals surface area (Å²) < 4.78 is -0.0794. The third kappa shape index (κ3) is 4.45. The molecule has 0 aromatic heterocycles. The first-order valence-corrected chi connectivity index (χ1v) is 5.69. The summed E-state index contributed by atoms with van der Waals surface area (Å²) in [6.45, 7) is 0. The second-order valence-electron chi connectivity index (χ2n) is 1.12. The number of alkyl halides is 2. The van der Waals surface area contributed by atoms with E-state index >= 15 is 0 Å². The number of hydrogen-bond donors (Lipinski definition) is 0. The van der Waals surface area contributed by atoms with E-state index in [1.807, 2.05) is 10.8 Å². The summed E-state index contributed by atoms with van der Waals surface area (Å²) in [6.07, 6.45) is 0. The summed E-state index contributed by atoms with van der Waals surface area (Å²) in [5, 5.41) is 20.3.